The number of aliphatic imine (C=N–C) groups is 2. The van der Waals surface area contributed by atoms with Crippen LogP contribution in [0.5, 0.6) is 5.75 Å². The van der Waals surface area contributed by atoms with Crippen LogP contribution in [0.25, 0.3) is 0 Å². The number of primary amides is 1. The Morgan fingerprint density at radius 2 is 0.918 bits per heavy atom. The molecule has 0 saturated carbocycles. The van der Waals surface area contributed by atoms with Gasteiger partial charge in [0.05, 0.1) is 0 Å². The lowest BCUT2D eigenvalue weighted by Crippen LogP contribution is -2.61. The molecule has 546 valence electrons. The Morgan fingerprint density at radius 3 is 1.38 bits per heavy atom. The number of nitrogens with two attached hydrogens (primary N) is 8. The minimum Gasteiger partial charge on any atom is -0.508 e. The number of nitrogens with one attached hydrogen (secondary N) is 9. The number of aromatic hydroxyl groups is 1. The van der Waals surface area contributed by atoms with Crippen LogP contribution in [-0.4, -0.2) is 199 Å². The number of phenols is 1. The molecule has 1 rings (SSSR count). The van der Waals surface area contributed by atoms with Gasteiger partial charge in [0.15, 0.2) is 11.9 Å². The number of carbonyl (C=O) groups is 11. The quantitative estimate of drug-likeness (QED) is 0.0138. The maximum atomic E-state index is 14.8. The van der Waals surface area contributed by atoms with Crippen molar-refractivity contribution in [3.63, 3.8) is 0 Å². The number of rotatable bonds is 52. The van der Waals surface area contributed by atoms with Crippen molar-refractivity contribution in [2.75, 3.05) is 51.3 Å². The highest BCUT2D eigenvalue weighted by Crippen LogP contribution is 2.17. The van der Waals surface area contributed by atoms with E-state index < -0.39 is 125 Å². The fraction of sp³-hybridized carbons (Fsp3) is 0.641. The molecule has 1 aromatic rings. The minimum absolute atomic E-state index is 0.0185. The summed E-state index contributed by atoms with van der Waals surface area (Å²) in [5, 5.41) is 34.5. The average Bonchev–Trinajstić information content (AvgIpc) is 0.872. The first kappa shape index (κ1) is 86.5. The zero-order valence-electron chi connectivity index (χ0n) is 57.2. The molecule has 0 saturated heterocycles. The topological polar surface area (TPSA) is 552 Å². The molecule has 0 aliphatic rings. The zero-order valence-corrected chi connectivity index (χ0v) is 58.0. The Bertz CT molecular complexity index is 2730. The molecule has 0 aromatic heterocycles. The highest BCUT2D eigenvalue weighted by atomic mass is 32.2. The van der Waals surface area contributed by atoms with Gasteiger partial charge >= 0.3 is 0 Å². The van der Waals surface area contributed by atoms with E-state index in [1.807, 2.05) is 6.26 Å². The second-order valence-corrected chi connectivity index (χ2v) is 25.0. The number of guanidine groups is 2. The Morgan fingerprint density at radius 1 is 0.505 bits per heavy atom. The van der Waals surface area contributed by atoms with E-state index in [1.54, 1.807) is 19.9 Å². The molecule has 33 heteroatoms. The van der Waals surface area contributed by atoms with Gasteiger partial charge in [0, 0.05) is 32.5 Å². The second-order valence-electron chi connectivity index (χ2n) is 24.0. The average molecular weight is 1390 g/mol. The number of phenolic OH excluding ortho intramolecular Hbond substituents is 1. The van der Waals surface area contributed by atoms with Gasteiger partial charge in [-0.15, -0.1) is 13.2 Å². The van der Waals surface area contributed by atoms with Crippen LogP contribution in [0.2, 0.25) is 0 Å². The first-order chi connectivity index (χ1) is 46.1. The van der Waals surface area contributed by atoms with Crippen LogP contribution in [0, 0.1) is 5.92 Å². The molecule has 0 radical (unpaired) electrons. The summed E-state index contributed by atoms with van der Waals surface area (Å²) in [6, 6.07) is -6.89. The normalized spacial score (nSPS) is 14.1. The number of thioether (sulfide) groups is 1. The Hall–Kier alpha value is -8.56. The monoisotopic (exact) mass is 1380 g/mol. The molecule has 97 heavy (non-hydrogen) atoms. The first-order valence-corrected chi connectivity index (χ1v) is 34.5. The van der Waals surface area contributed by atoms with Gasteiger partial charge in [-0.2, -0.15) is 11.8 Å². The predicted octanol–water partition coefficient (Wildman–Crippen LogP) is -2.53. The molecule has 1 aromatic carbocycles. The summed E-state index contributed by atoms with van der Waals surface area (Å²) in [5.74, 6) is -8.42. The Kier molecular flexibility index (Phi) is 43.7. The van der Waals surface area contributed by atoms with E-state index in [0.717, 1.165) is 0 Å². The molecule has 0 fully saturated rings. The van der Waals surface area contributed by atoms with Crippen LogP contribution >= 0.6 is 11.8 Å². The molecule has 0 heterocycles. The van der Waals surface area contributed by atoms with Gasteiger partial charge in [0.25, 0.3) is 0 Å². The number of carbonyl (C=O) groups excluding carboxylic acids is 11. The summed E-state index contributed by atoms with van der Waals surface area (Å²) in [6.45, 7) is 14.6. The molecule has 0 aliphatic heterocycles. The number of nitrogens with zero attached hydrogens (tertiary/aromatic N) is 3. The summed E-state index contributed by atoms with van der Waals surface area (Å²) < 4.78 is 0. The number of hydrogen-bond acceptors (Lipinski definition) is 18. The largest absolute Gasteiger partial charge is 0.508 e. The number of benzene rings is 1. The molecule has 0 unspecified atom stereocenters. The van der Waals surface area contributed by atoms with Gasteiger partial charge in [-0.25, -0.2) is 0 Å². The zero-order chi connectivity index (χ0) is 73.0. The molecular formula is C64H112N20O12S. The van der Waals surface area contributed by atoms with Crippen LogP contribution in [0.4, 0.5) is 0 Å². The van der Waals surface area contributed by atoms with Gasteiger partial charge < -0.3 is 104 Å². The SMILES string of the molecule is C=CCCC(=O)N[C@@H](CCCN=C(N)N)C(=O)N[C@@H](CCCCN)C(=O)N(CC=C)[C@@H](C)C(=O)N[C@@H](Cc1ccc(O)cc1)C(=O)N[C@@H](CCCCN)C(=O)N[C@@H](CCCN=C(N)N)C(=O)N[C@@H](CC(C)C)C(=O)N[C@@H](C)C(=O)N[C@@H](CCSC)C(=O)N[C@@H](CCCCN)C(N)=O. The number of hydrogen-bond donors (Lipinski definition) is 18. The third-order valence-corrected chi connectivity index (χ3v) is 15.9. The van der Waals surface area contributed by atoms with Crippen LogP contribution < -0.4 is 93.7 Å². The summed E-state index contributed by atoms with van der Waals surface area (Å²) in [5.41, 5.74) is 45.5. The third kappa shape index (κ3) is 35.8. The molecule has 0 spiro atoms. The predicted molar refractivity (Wildman–Crippen MR) is 376 cm³/mol. The van der Waals surface area contributed by atoms with E-state index in [4.69, 9.17) is 45.9 Å². The van der Waals surface area contributed by atoms with Crippen molar-refractivity contribution < 1.29 is 57.8 Å². The van der Waals surface area contributed by atoms with E-state index in [9.17, 15) is 57.8 Å². The van der Waals surface area contributed by atoms with Crippen molar-refractivity contribution in [1.29, 1.82) is 0 Å². The van der Waals surface area contributed by atoms with Crippen molar-refractivity contribution >= 4 is 88.7 Å². The highest BCUT2D eigenvalue weighted by Gasteiger charge is 2.37. The van der Waals surface area contributed by atoms with Crippen molar-refractivity contribution in [2.24, 2.45) is 61.8 Å². The van der Waals surface area contributed by atoms with E-state index in [0.29, 0.717) is 62.8 Å². The van der Waals surface area contributed by atoms with Gasteiger partial charge in [-0.1, -0.05) is 38.1 Å². The third-order valence-electron chi connectivity index (χ3n) is 15.3. The smallest absolute Gasteiger partial charge is 0.246 e. The lowest BCUT2D eigenvalue weighted by molar-refractivity contribution is -0.143. The molecular weight excluding hydrogens is 1270 g/mol. The van der Waals surface area contributed by atoms with Crippen LogP contribution in [0.1, 0.15) is 142 Å². The maximum Gasteiger partial charge on any atom is 0.246 e. The van der Waals surface area contributed by atoms with E-state index in [1.165, 1.54) is 60.9 Å². The van der Waals surface area contributed by atoms with E-state index in [-0.39, 0.29) is 127 Å². The maximum absolute atomic E-state index is 14.8. The second kappa shape index (κ2) is 49.0. The number of unbranched alkanes of at least 4 members (excludes halogenated alkanes) is 3. The van der Waals surface area contributed by atoms with Crippen molar-refractivity contribution in [2.45, 2.75) is 204 Å². The van der Waals surface area contributed by atoms with Crippen LogP contribution in [0.15, 0.2) is 59.6 Å². The van der Waals surface area contributed by atoms with Crippen LogP contribution in [0.3, 0.4) is 0 Å². The van der Waals surface area contributed by atoms with E-state index >= 15 is 0 Å². The Balaban J connectivity index is 3.76. The number of amides is 11. The van der Waals surface area contributed by atoms with Gasteiger partial charge in [-0.05, 0) is 172 Å². The molecule has 11 amide bonds. The lowest BCUT2D eigenvalue weighted by atomic mass is 10.0. The fourth-order valence-corrected chi connectivity index (χ4v) is 10.3. The summed E-state index contributed by atoms with van der Waals surface area (Å²) in [7, 11) is 0. The molecule has 0 bridgehead atoms. The Labute approximate surface area is 574 Å². The molecule has 32 nitrogen and oxygen atoms in total. The minimum atomic E-state index is -1.47. The van der Waals surface area contributed by atoms with Crippen molar-refractivity contribution in [3.05, 3.63) is 55.1 Å². The summed E-state index contributed by atoms with van der Waals surface area (Å²) in [6.07, 6.45) is 8.43. The lowest BCUT2D eigenvalue weighted by Gasteiger charge is -2.33. The van der Waals surface area contributed by atoms with Gasteiger partial charge in [0.2, 0.25) is 65.0 Å². The molecule has 10 atom stereocenters. The summed E-state index contributed by atoms with van der Waals surface area (Å²) in [4.78, 5) is 163. The van der Waals surface area contributed by atoms with Crippen molar-refractivity contribution in [1.82, 2.24) is 52.8 Å². The van der Waals surface area contributed by atoms with Gasteiger partial charge in [0.1, 0.15) is 66.2 Å². The first-order valence-electron chi connectivity index (χ1n) is 33.1. The number of allylic oxidation sites excluding steroid dienone is 1. The van der Waals surface area contributed by atoms with Crippen molar-refractivity contribution in [3.8, 4) is 5.75 Å². The molecule has 26 N–H and O–H groups in total. The summed E-state index contributed by atoms with van der Waals surface area (Å²) >= 11 is 1.42. The standard InChI is InChI=1S/C64H112N20O12S/c1-8-10-24-52(86)76-45(22-17-33-73-63(69)70)56(90)81-49(21-13-16-32-67)62(96)84(35-9-2)41(6)55(89)82-51(38-42-25-27-43(85)28-26-42)61(95)80-46(20-12-15-31-66)57(91)79-47(23-18-34-74-64(71)72)58(92)83-50(37-39(3)4)60(94)75-40(5)54(88)78-48(29-36-97-7)59(93)77-44(53(68)87)19-11-14-30-65/h8-9,25-28,39-41,44-51,85H,1-2,10-24,29-38,65-67H2,3-7H3,(H2,68,87)(H,75,94)(H,76,86)(H,77,93)(H,78,88)(H,79,91)(H,80,95)(H,81,90)(H,82,89)(H,83,92)(H4,69,70,73)(H4,71,72,74)/t40-,41-,44-,45-,46-,47-,48-,49-,50-,51-/m0/s1. The fourth-order valence-electron chi connectivity index (χ4n) is 9.87. The van der Waals surface area contributed by atoms with Gasteiger partial charge in [-0.3, -0.25) is 62.7 Å². The van der Waals surface area contributed by atoms with E-state index in [2.05, 4.69) is 71.0 Å². The van der Waals surface area contributed by atoms with Crippen LogP contribution in [-0.2, 0) is 59.2 Å². The molecule has 0 aliphatic carbocycles. The highest BCUT2D eigenvalue weighted by molar-refractivity contribution is 7.98.